The maximum atomic E-state index is 9.70. The normalized spacial score (nSPS) is 27.2. The Kier molecular flexibility index (Phi) is 7.43. The first kappa shape index (κ1) is 17.4. The number of ether oxygens (including phenoxy) is 2. The fraction of sp³-hybridized carbons (Fsp3) is 0.923. The van der Waals surface area contributed by atoms with Crippen molar-refractivity contribution in [2.45, 2.75) is 52.9 Å². The number of rotatable bonds is 4. The molecular weight excluding hydrogens is 236 g/mol. The lowest BCUT2D eigenvalue weighted by atomic mass is 10.0. The van der Waals surface area contributed by atoms with Crippen LogP contribution in [0.4, 0.5) is 0 Å². The predicted molar refractivity (Wildman–Crippen MR) is 68.2 cm³/mol. The molecule has 2 unspecified atom stereocenters. The van der Waals surface area contributed by atoms with Crippen molar-refractivity contribution in [1.29, 1.82) is 0 Å². The topological polar surface area (TPSA) is 76.0 Å². The Hall–Kier alpha value is -0.650. The van der Waals surface area contributed by atoms with Crippen LogP contribution in [0.25, 0.3) is 0 Å². The zero-order chi connectivity index (χ0) is 14.3. The van der Waals surface area contributed by atoms with Crippen molar-refractivity contribution in [3.05, 3.63) is 0 Å². The van der Waals surface area contributed by atoms with Crippen molar-refractivity contribution in [2.75, 3.05) is 13.2 Å². The molecule has 5 nitrogen and oxygen atoms in total. The summed E-state index contributed by atoms with van der Waals surface area (Å²) >= 11 is 0. The summed E-state index contributed by atoms with van der Waals surface area (Å²) in [6.07, 6.45) is 0.748. The Morgan fingerprint density at radius 1 is 1.39 bits per heavy atom. The quantitative estimate of drug-likeness (QED) is 0.809. The van der Waals surface area contributed by atoms with E-state index in [-0.39, 0.29) is 18.6 Å². The highest BCUT2D eigenvalue weighted by molar-refractivity contribution is 5.68. The third-order valence-electron chi connectivity index (χ3n) is 2.47. The minimum Gasteiger partial charge on any atom is -0.481 e. The van der Waals surface area contributed by atoms with Gasteiger partial charge < -0.3 is 19.7 Å². The van der Waals surface area contributed by atoms with Crippen molar-refractivity contribution in [1.82, 2.24) is 0 Å². The summed E-state index contributed by atoms with van der Waals surface area (Å²) in [5.41, 5.74) is 0. The Morgan fingerprint density at radius 2 is 1.89 bits per heavy atom. The zero-order valence-electron chi connectivity index (χ0n) is 12.0. The van der Waals surface area contributed by atoms with Gasteiger partial charge in [0.15, 0.2) is 5.79 Å². The van der Waals surface area contributed by atoms with Crippen molar-refractivity contribution < 1.29 is 24.5 Å². The van der Waals surface area contributed by atoms with Gasteiger partial charge in [0.25, 0.3) is 0 Å². The van der Waals surface area contributed by atoms with Crippen LogP contribution in [0.5, 0.6) is 0 Å². The first-order chi connectivity index (χ1) is 8.20. The first-order valence-electron chi connectivity index (χ1n) is 6.35. The molecule has 0 aromatic carbocycles. The van der Waals surface area contributed by atoms with Gasteiger partial charge in [-0.15, -0.1) is 0 Å². The second-order valence-corrected chi connectivity index (χ2v) is 5.46. The molecule has 0 aliphatic carbocycles. The van der Waals surface area contributed by atoms with Gasteiger partial charge in [0.2, 0.25) is 0 Å². The molecule has 0 aromatic rings. The van der Waals surface area contributed by atoms with Crippen LogP contribution in [0.15, 0.2) is 0 Å². The maximum Gasteiger partial charge on any atom is 0.305 e. The van der Waals surface area contributed by atoms with Gasteiger partial charge in [0.05, 0.1) is 19.1 Å². The number of carboxylic acid groups (broad SMARTS) is 1. The van der Waals surface area contributed by atoms with Crippen LogP contribution in [0, 0.1) is 11.8 Å². The van der Waals surface area contributed by atoms with Crippen LogP contribution in [0.3, 0.4) is 0 Å². The first-order valence-corrected chi connectivity index (χ1v) is 6.35. The van der Waals surface area contributed by atoms with E-state index in [9.17, 15) is 4.79 Å². The molecular formula is C13H26O5. The van der Waals surface area contributed by atoms with E-state index in [4.69, 9.17) is 19.7 Å². The molecule has 5 heteroatoms. The minimum absolute atomic E-state index is 0.0493. The highest BCUT2D eigenvalue weighted by atomic mass is 16.7. The van der Waals surface area contributed by atoms with Crippen LogP contribution in [0.2, 0.25) is 0 Å². The minimum atomic E-state index is -0.741. The average Bonchev–Trinajstić information content (AvgIpc) is 2.59. The third-order valence-corrected chi connectivity index (χ3v) is 2.47. The van der Waals surface area contributed by atoms with Gasteiger partial charge in [-0.3, -0.25) is 4.79 Å². The van der Waals surface area contributed by atoms with Crippen LogP contribution in [0.1, 0.15) is 41.0 Å². The van der Waals surface area contributed by atoms with E-state index in [1.807, 2.05) is 6.92 Å². The summed E-state index contributed by atoms with van der Waals surface area (Å²) in [6, 6.07) is 0. The molecule has 1 fully saturated rings. The molecule has 2 atom stereocenters. The van der Waals surface area contributed by atoms with Crippen LogP contribution in [-0.2, 0) is 14.3 Å². The molecule has 0 bridgehead atoms. The molecule has 0 spiro atoms. The summed E-state index contributed by atoms with van der Waals surface area (Å²) in [5.74, 6) is -0.894. The molecule has 108 valence electrons. The molecule has 0 saturated carbocycles. The smallest absolute Gasteiger partial charge is 0.305 e. The van der Waals surface area contributed by atoms with Crippen LogP contribution < -0.4 is 0 Å². The molecule has 0 amide bonds. The molecule has 1 rings (SSSR count). The van der Waals surface area contributed by atoms with E-state index in [2.05, 4.69) is 13.8 Å². The van der Waals surface area contributed by atoms with Gasteiger partial charge in [-0.2, -0.15) is 0 Å². The number of carbonyl (C=O) groups is 1. The number of carboxylic acids is 1. The van der Waals surface area contributed by atoms with Crippen molar-refractivity contribution in [2.24, 2.45) is 11.8 Å². The summed E-state index contributed by atoms with van der Waals surface area (Å²) in [6.45, 7) is 10.0. The van der Waals surface area contributed by atoms with Crippen molar-refractivity contribution in [3.8, 4) is 0 Å². The predicted octanol–water partition coefficient (Wildman–Crippen LogP) is 1.88. The van der Waals surface area contributed by atoms with Gasteiger partial charge in [0.1, 0.15) is 6.10 Å². The van der Waals surface area contributed by atoms with Gasteiger partial charge in [-0.05, 0) is 12.8 Å². The largest absolute Gasteiger partial charge is 0.481 e. The van der Waals surface area contributed by atoms with Crippen LogP contribution in [-0.4, -0.2) is 41.3 Å². The van der Waals surface area contributed by atoms with Gasteiger partial charge in [-0.25, -0.2) is 0 Å². The monoisotopic (exact) mass is 262 g/mol. The lowest BCUT2D eigenvalue weighted by Crippen LogP contribution is -2.29. The van der Waals surface area contributed by atoms with E-state index >= 15 is 0 Å². The Balaban J connectivity index is 0.000000411. The molecule has 2 N–H and O–H groups in total. The number of hydrogen-bond donors (Lipinski definition) is 2. The molecule has 0 aromatic heterocycles. The zero-order valence-corrected chi connectivity index (χ0v) is 12.0. The summed E-state index contributed by atoms with van der Waals surface area (Å²) in [5, 5.41) is 16.8. The van der Waals surface area contributed by atoms with Gasteiger partial charge in [0, 0.05) is 6.42 Å². The number of hydrogen-bond acceptors (Lipinski definition) is 4. The lowest BCUT2D eigenvalue weighted by Gasteiger charge is -2.24. The molecule has 18 heavy (non-hydrogen) atoms. The van der Waals surface area contributed by atoms with E-state index in [0.717, 1.165) is 6.42 Å². The standard InChI is InChI=1S/C9H18O3.C4H8O2/c1-7(2)4-9(3)11-6-8(5-10)12-9;1-3(2)4(5)6/h7-8,10H,4-6H2,1-3H3;3H,1-2H3,(H,5,6). The maximum absolute atomic E-state index is 9.70. The van der Waals surface area contributed by atoms with Crippen molar-refractivity contribution >= 4 is 5.97 Å². The highest BCUT2D eigenvalue weighted by Gasteiger charge is 2.37. The fourth-order valence-corrected chi connectivity index (χ4v) is 1.63. The SMILES string of the molecule is CC(C)C(=O)O.CC(C)CC1(C)OCC(CO)O1. The van der Waals surface area contributed by atoms with E-state index in [0.29, 0.717) is 12.5 Å². The third kappa shape index (κ3) is 6.93. The van der Waals surface area contributed by atoms with E-state index in [1.165, 1.54) is 0 Å². The average molecular weight is 262 g/mol. The number of aliphatic hydroxyl groups excluding tert-OH is 1. The molecule has 1 aliphatic rings. The van der Waals surface area contributed by atoms with Gasteiger partial charge in [-0.1, -0.05) is 27.7 Å². The van der Waals surface area contributed by atoms with Crippen molar-refractivity contribution in [3.63, 3.8) is 0 Å². The lowest BCUT2D eigenvalue weighted by molar-refractivity contribution is -0.167. The fourth-order valence-electron chi connectivity index (χ4n) is 1.63. The summed E-state index contributed by atoms with van der Waals surface area (Å²) in [7, 11) is 0. The second kappa shape index (κ2) is 7.71. The Morgan fingerprint density at radius 3 is 2.17 bits per heavy atom. The number of aliphatic hydroxyl groups is 1. The van der Waals surface area contributed by atoms with E-state index < -0.39 is 11.8 Å². The van der Waals surface area contributed by atoms with E-state index in [1.54, 1.807) is 13.8 Å². The summed E-state index contributed by atoms with van der Waals surface area (Å²) < 4.78 is 11.0. The Bertz CT molecular complexity index is 252. The summed E-state index contributed by atoms with van der Waals surface area (Å²) in [4.78, 5) is 9.70. The van der Waals surface area contributed by atoms with Crippen LogP contribution >= 0.6 is 0 Å². The molecule has 1 heterocycles. The molecule has 1 aliphatic heterocycles. The second-order valence-electron chi connectivity index (χ2n) is 5.46. The molecule has 1 saturated heterocycles. The Labute approximate surface area is 109 Å². The molecule has 0 radical (unpaired) electrons. The highest BCUT2D eigenvalue weighted by Crippen LogP contribution is 2.29. The van der Waals surface area contributed by atoms with Gasteiger partial charge >= 0.3 is 5.97 Å². The number of aliphatic carboxylic acids is 1.